The molecule has 2 aliphatic heterocycles. The average molecular weight is 436 g/mol. The van der Waals surface area contributed by atoms with Crippen LogP contribution in [0.4, 0.5) is 0 Å². The summed E-state index contributed by atoms with van der Waals surface area (Å²) in [4.78, 5) is 27.7. The number of amides is 1. The van der Waals surface area contributed by atoms with E-state index in [2.05, 4.69) is 13.8 Å². The molecule has 0 bridgehead atoms. The predicted octanol–water partition coefficient (Wildman–Crippen LogP) is 4.42. The molecule has 2 atom stereocenters. The maximum Gasteiger partial charge on any atom is 0.295 e. The first-order valence-corrected chi connectivity index (χ1v) is 11.0. The zero-order valence-corrected chi connectivity index (χ0v) is 18.7. The van der Waals surface area contributed by atoms with Crippen molar-refractivity contribution in [2.24, 2.45) is 0 Å². The van der Waals surface area contributed by atoms with Crippen molar-refractivity contribution in [2.75, 3.05) is 20.3 Å². The van der Waals surface area contributed by atoms with Crippen LogP contribution >= 0.6 is 0 Å². The van der Waals surface area contributed by atoms with E-state index in [9.17, 15) is 14.7 Å². The summed E-state index contributed by atoms with van der Waals surface area (Å²) in [5.41, 5.74) is 2.53. The van der Waals surface area contributed by atoms with E-state index < -0.39 is 17.7 Å². The maximum atomic E-state index is 13.1. The highest BCUT2D eigenvalue weighted by Gasteiger charge is 2.47. The van der Waals surface area contributed by atoms with Gasteiger partial charge in [-0.25, -0.2) is 0 Å². The smallest absolute Gasteiger partial charge is 0.295 e. The molecule has 0 saturated carbocycles. The van der Waals surface area contributed by atoms with E-state index in [-0.39, 0.29) is 17.4 Å². The monoisotopic (exact) mass is 435 g/mol. The van der Waals surface area contributed by atoms with Gasteiger partial charge in [0.2, 0.25) is 0 Å². The van der Waals surface area contributed by atoms with Crippen molar-refractivity contribution in [1.29, 1.82) is 0 Å². The number of methoxy groups -OCH3 is 1. The number of hydrogen-bond donors (Lipinski definition) is 1. The van der Waals surface area contributed by atoms with Crippen molar-refractivity contribution in [3.8, 4) is 5.75 Å². The number of hydrogen-bond acceptors (Lipinski definition) is 5. The minimum absolute atomic E-state index is 0.105. The molecule has 2 fully saturated rings. The van der Waals surface area contributed by atoms with E-state index in [1.807, 2.05) is 24.3 Å². The van der Waals surface area contributed by atoms with Crippen molar-refractivity contribution in [2.45, 2.75) is 44.8 Å². The van der Waals surface area contributed by atoms with E-state index in [1.165, 1.54) is 5.56 Å². The van der Waals surface area contributed by atoms with E-state index in [4.69, 9.17) is 9.47 Å². The van der Waals surface area contributed by atoms with Gasteiger partial charge in [-0.1, -0.05) is 38.1 Å². The molecule has 1 amide bonds. The SMILES string of the molecule is COc1ccc(/C(O)=C2\C(=O)C(=O)N(CC3CCCO3)C2c2ccc(C(C)C)cc2)cc1. The van der Waals surface area contributed by atoms with E-state index >= 15 is 0 Å². The van der Waals surface area contributed by atoms with Gasteiger partial charge in [0.15, 0.2) is 0 Å². The number of benzene rings is 2. The van der Waals surface area contributed by atoms with Crippen molar-refractivity contribution >= 4 is 17.4 Å². The van der Waals surface area contributed by atoms with Gasteiger partial charge in [0.1, 0.15) is 11.5 Å². The molecule has 0 spiro atoms. The molecular weight excluding hydrogens is 406 g/mol. The number of nitrogens with zero attached hydrogens (tertiary/aromatic N) is 1. The molecule has 0 radical (unpaired) electrons. The largest absolute Gasteiger partial charge is 0.507 e. The summed E-state index contributed by atoms with van der Waals surface area (Å²) in [6, 6.07) is 14.0. The fraction of sp³-hybridized carbons (Fsp3) is 0.385. The molecule has 2 unspecified atom stereocenters. The molecule has 168 valence electrons. The second-order valence-electron chi connectivity index (χ2n) is 8.64. The van der Waals surface area contributed by atoms with Crippen LogP contribution < -0.4 is 4.74 Å². The zero-order chi connectivity index (χ0) is 22.8. The second-order valence-corrected chi connectivity index (χ2v) is 8.64. The number of carbonyl (C=O) groups excluding carboxylic acids is 2. The van der Waals surface area contributed by atoms with Gasteiger partial charge in [-0.2, -0.15) is 0 Å². The molecule has 2 saturated heterocycles. The Kier molecular flexibility index (Phi) is 6.33. The first-order valence-electron chi connectivity index (χ1n) is 11.0. The minimum atomic E-state index is -0.672. The lowest BCUT2D eigenvalue weighted by atomic mass is 9.93. The maximum absolute atomic E-state index is 13.1. The predicted molar refractivity (Wildman–Crippen MR) is 122 cm³/mol. The normalized spacial score (nSPS) is 22.7. The highest BCUT2D eigenvalue weighted by molar-refractivity contribution is 6.46. The van der Waals surface area contributed by atoms with Crippen molar-refractivity contribution in [3.63, 3.8) is 0 Å². The lowest BCUT2D eigenvalue weighted by molar-refractivity contribution is -0.140. The Balaban J connectivity index is 1.79. The van der Waals surface area contributed by atoms with Gasteiger partial charge in [-0.3, -0.25) is 9.59 Å². The van der Waals surface area contributed by atoms with Gasteiger partial charge in [0.05, 0.1) is 24.8 Å². The molecule has 2 aromatic rings. The summed E-state index contributed by atoms with van der Waals surface area (Å²) in [5.74, 6) is -0.454. The van der Waals surface area contributed by atoms with Gasteiger partial charge in [0, 0.05) is 18.7 Å². The van der Waals surface area contributed by atoms with Crippen molar-refractivity contribution < 1.29 is 24.2 Å². The molecule has 4 rings (SSSR count). The van der Waals surface area contributed by atoms with Crippen LogP contribution in [0, 0.1) is 0 Å². The number of carbonyl (C=O) groups is 2. The van der Waals surface area contributed by atoms with Gasteiger partial charge in [-0.15, -0.1) is 0 Å². The van der Waals surface area contributed by atoms with Crippen molar-refractivity contribution in [1.82, 2.24) is 4.90 Å². The summed E-state index contributed by atoms with van der Waals surface area (Å²) in [6.45, 7) is 5.21. The Morgan fingerprint density at radius 1 is 1.12 bits per heavy atom. The van der Waals surface area contributed by atoms with E-state index in [0.717, 1.165) is 18.4 Å². The third kappa shape index (κ3) is 4.15. The third-order valence-electron chi connectivity index (χ3n) is 6.25. The average Bonchev–Trinajstić information content (AvgIpc) is 3.41. The van der Waals surface area contributed by atoms with Crippen LogP contribution in [0.15, 0.2) is 54.1 Å². The molecule has 6 nitrogen and oxygen atoms in total. The van der Waals surface area contributed by atoms with E-state index in [1.54, 1.807) is 36.3 Å². The number of aliphatic hydroxyl groups excluding tert-OH is 1. The third-order valence-corrected chi connectivity index (χ3v) is 6.25. The van der Waals surface area contributed by atoms with Gasteiger partial charge >= 0.3 is 0 Å². The van der Waals surface area contributed by atoms with E-state index in [0.29, 0.717) is 30.4 Å². The quantitative estimate of drug-likeness (QED) is 0.413. The first kappa shape index (κ1) is 22.1. The number of rotatable bonds is 6. The number of likely N-dealkylation sites (tertiary alicyclic amines) is 1. The van der Waals surface area contributed by atoms with Gasteiger partial charge < -0.3 is 19.5 Å². The summed E-state index contributed by atoms with van der Waals surface area (Å²) in [6.07, 6.45) is 1.68. The number of ketones is 1. The van der Waals surface area contributed by atoms with Crippen LogP contribution in [0.3, 0.4) is 0 Å². The summed E-state index contributed by atoms with van der Waals surface area (Å²) in [7, 11) is 1.56. The topological polar surface area (TPSA) is 76.1 Å². The summed E-state index contributed by atoms with van der Waals surface area (Å²) in [5, 5.41) is 11.1. The lowest BCUT2D eigenvalue weighted by Crippen LogP contribution is -2.36. The molecule has 1 N–H and O–H groups in total. The molecule has 6 heteroatoms. The summed E-state index contributed by atoms with van der Waals surface area (Å²) < 4.78 is 10.9. The fourth-order valence-corrected chi connectivity index (χ4v) is 4.39. The van der Waals surface area contributed by atoms with Crippen LogP contribution in [0.25, 0.3) is 5.76 Å². The molecule has 2 aliphatic rings. The van der Waals surface area contributed by atoms with Crippen LogP contribution in [0.2, 0.25) is 0 Å². The van der Waals surface area contributed by atoms with Gasteiger partial charge in [-0.05, 0) is 54.2 Å². The van der Waals surface area contributed by atoms with Crippen LogP contribution in [0.1, 0.15) is 55.3 Å². The Hall–Kier alpha value is -3.12. The zero-order valence-electron chi connectivity index (χ0n) is 18.7. The number of ether oxygens (including phenoxy) is 2. The summed E-state index contributed by atoms with van der Waals surface area (Å²) >= 11 is 0. The minimum Gasteiger partial charge on any atom is -0.507 e. The number of aliphatic hydroxyl groups is 1. The molecular formula is C26H29NO5. The molecule has 0 aliphatic carbocycles. The molecule has 32 heavy (non-hydrogen) atoms. The second kappa shape index (κ2) is 9.17. The molecule has 0 aromatic heterocycles. The Morgan fingerprint density at radius 2 is 1.81 bits per heavy atom. The Morgan fingerprint density at radius 3 is 2.38 bits per heavy atom. The Labute approximate surface area is 188 Å². The lowest BCUT2D eigenvalue weighted by Gasteiger charge is -2.27. The molecule has 2 aromatic carbocycles. The van der Waals surface area contributed by atoms with Crippen LogP contribution in [-0.2, 0) is 14.3 Å². The Bertz CT molecular complexity index is 1020. The molecule has 2 heterocycles. The number of Topliss-reactive ketones (excluding diaryl/α,β-unsaturated/α-hetero) is 1. The van der Waals surface area contributed by atoms with Crippen LogP contribution in [-0.4, -0.2) is 48.1 Å². The van der Waals surface area contributed by atoms with Gasteiger partial charge in [0.25, 0.3) is 11.7 Å². The first-order chi connectivity index (χ1) is 15.4. The van der Waals surface area contributed by atoms with Crippen molar-refractivity contribution in [3.05, 3.63) is 70.8 Å². The fourth-order valence-electron chi connectivity index (χ4n) is 4.39. The van der Waals surface area contributed by atoms with Crippen LogP contribution in [0.5, 0.6) is 5.75 Å². The highest BCUT2D eigenvalue weighted by Crippen LogP contribution is 2.40. The highest BCUT2D eigenvalue weighted by atomic mass is 16.5. The standard InChI is InChI=1S/C26H29NO5/c1-16(2)17-6-8-18(9-7-17)23-22(24(28)19-10-12-20(31-3)13-11-19)25(29)26(30)27(23)15-21-5-4-14-32-21/h6-13,16,21,23,28H,4-5,14-15H2,1-3H3/b24-22+.